The molecule has 1 aliphatic heterocycles. The van der Waals surface area contributed by atoms with Crippen LogP contribution in [0.15, 0.2) is 48.4 Å². The molecular weight excluding hydrogens is 554 g/mol. The molecule has 9 heteroatoms. The van der Waals surface area contributed by atoms with E-state index in [1.807, 2.05) is 50.4 Å². The van der Waals surface area contributed by atoms with Gasteiger partial charge >= 0.3 is 6.09 Å². The average Bonchev–Trinajstić information content (AvgIpc) is 3.41. The number of allylic oxidation sites excluding steroid dienone is 2. The molecule has 2 amide bonds. The van der Waals surface area contributed by atoms with E-state index in [2.05, 4.69) is 66.3 Å². The Kier molecular flexibility index (Phi) is 11.1. The molecular formula is C35H51N5O4. The van der Waals surface area contributed by atoms with E-state index in [-0.39, 0.29) is 36.4 Å². The Labute approximate surface area is 263 Å². The summed E-state index contributed by atoms with van der Waals surface area (Å²) in [5.74, 6) is -0.165. The van der Waals surface area contributed by atoms with Crippen molar-refractivity contribution in [2.24, 2.45) is 7.05 Å². The van der Waals surface area contributed by atoms with E-state index in [0.29, 0.717) is 13.1 Å². The minimum atomic E-state index is -0.414. The van der Waals surface area contributed by atoms with E-state index in [1.165, 1.54) is 11.1 Å². The molecule has 2 aromatic rings. The summed E-state index contributed by atoms with van der Waals surface area (Å²) in [7, 11) is 1.96. The smallest absolute Gasteiger partial charge is 0.410 e. The molecule has 44 heavy (non-hydrogen) atoms. The molecule has 1 aromatic heterocycles. The van der Waals surface area contributed by atoms with Crippen molar-refractivity contribution in [3.63, 3.8) is 0 Å². The van der Waals surface area contributed by atoms with Gasteiger partial charge in [0, 0.05) is 39.3 Å². The van der Waals surface area contributed by atoms with E-state index in [9.17, 15) is 9.59 Å². The maximum atomic E-state index is 13.4. The summed E-state index contributed by atoms with van der Waals surface area (Å²) < 4.78 is 13.4. The number of benzene rings is 1. The normalized spacial score (nSPS) is 20.8. The summed E-state index contributed by atoms with van der Waals surface area (Å²) in [5.41, 5.74) is 6.43. The molecule has 4 rings (SSSR count). The molecule has 1 N–H and O–H groups in total. The molecule has 240 valence electrons. The zero-order valence-corrected chi connectivity index (χ0v) is 27.9. The van der Waals surface area contributed by atoms with Crippen LogP contribution >= 0.6 is 0 Å². The fraction of sp³-hybridized carbons (Fsp3) is 0.571. The quantitative estimate of drug-likeness (QED) is 0.347. The van der Waals surface area contributed by atoms with Crippen molar-refractivity contribution < 1.29 is 19.1 Å². The first kappa shape index (κ1) is 33.5. The van der Waals surface area contributed by atoms with Gasteiger partial charge in [-0.15, -0.1) is 0 Å². The van der Waals surface area contributed by atoms with Crippen LogP contribution < -0.4 is 5.32 Å². The predicted molar refractivity (Wildman–Crippen MR) is 174 cm³/mol. The number of rotatable bonds is 9. The SMILES string of the molecule is C/C=C1/C/C=C(/[C@@H](NC(=O)COC(C)(C)CC)c2cncn2C)c2cc(C)ccc2[C@H](N2CCN(C(=O)OC(C)C)CC2)C1. The highest BCUT2D eigenvalue weighted by atomic mass is 16.6. The number of hydrogen-bond donors (Lipinski definition) is 1. The van der Waals surface area contributed by atoms with Gasteiger partial charge in [-0.25, -0.2) is 9.78 Å². The third-order valence-corrected chi connectivity index (χ3v) is 8.89. The minimum Gasteiger partial charge on any atom is -0.447 e. The first-order valence-corrected chi connectivity index (χ1v) is 16.0. The van der Waals surface area contributed by atoms with Crippen LogP contribution in [-0.4, -0.2) is 75.8 Å². The van der Waals surface area contributed by atoms with Gasteiger partial charge < -0.3 is 24.3 Å². The number of carbonyl (C=O) groups is 2. The molecule has 0 spiro atoms. The second-order valence-corrected chi connectivity index (χ2v) is 12.9. The van der Waals surface area contributed by atoms with E-state index in [0.717, 1.165) is 54.7 Å². The zero-order chi connectivity index (χ0) is 32.0. The fourth-order valence-corrected chi connectivity index (χ4v) is 5.85. The molecule has 0 radical (unpaired) electrons. The average molecular weight is 606 g/mol. The number of imidazole rings is 1. The maximum absolute atomic E-state index is 13.4. The standard InChI is InChI=1S/C35H51N5O4/c1-9-26-12-14-28(33(31-21-36-23-38(31)8)37-32(41)22-43-35(6,7)10-2)29-19-25(5)11-13-27(29)30(20-26)39-15-17-40(18-16-39)34(42)44-24(3)4/h9,11,13-14,19,21,23-24,30,33H,10,12,15-18,20,22H2,1-8H3,(H,37,41)/b26-9-,28-14+/t30-,33-/m1/s1. The highest BCUT2D eigenvalue weighted by Crippen LogP contribution is 2.42. The van der Waals surface area contributed by atoms with Crippen LogP contribution in [0.1, 0.15) is 95.3 Å². The van der Waals surface area contributed by atoms with Crippen LogP contribution in [0.25, 0.3) is 5.57 Å². The second kappa shape index (κ2) is 14.6. The lowest BCUT2D eigenvalue weighted by atomic mass is 9.82. The number of carbonyl (C=O) groups excluding carboxylic acids is 2. The number of aromatic nitrogens is 2. The van der Waals surface area contributed by atoms with Crippen LogP contribution in [0.3, 0.4) is 0 Å². The molecule has 1 aliphatic carbocycles. The molecule has 9 nitrogen and oxygen atoms in total. The maximum Gasteiger partial charge on any atom is 0.410 e. The summed E-state index contributed by atoms with van der Waals surface area (Å²) in [5, 5.41) is 3.31. The van der Waals surface area contributed by atoms with Crippen molar-refractivity contribution in [3.8, 4) is 0 Å². The van der Waals surface area contributed by atoms with Crippen LogP contribution in [0, 0.1) is 6.92 Å². The lowest BCUT2D eigenvalue weighted by Gasteiger charge is -2.41. The summed E-state index contributed by atoms with van der Waals surface area (Å²) in [4.78, 5) is 34.8. The fourth-order valence-electron chi connectivity index (χ4n) is 5.85. The van der Waals surface area contributed by atoms with E-state index < -0.39 is 6.04 Å². The van der Waals surface area contributed by atoms with Gasteiger partial charge in [-0.2, -0.15) is 0 Å². The van der Waals surface area contributed by atoms with Crippen LogP contribution in [0.5, 0.6) is 0 Å². The molecule has 1 fully saturated rings. The Balaban J connectivity index is 1.71. The van der Waals surface area contributed by atoms with Gasteiger partial charge in [0.05, 0.1) is 36.0 Å². The monoisotopic (exact) mass is 605 g/mol. The summed E-state index contributed by atoms with van der Waals surface area (Å²) >= 11 is 0. The van der Waals surface area contributed by atoms with E-state index in [1.54, 1.807) is 6.33 Å². The summed E-state index contributed by atoms with van der Waals surface area (Å²) in [6, 6.07) is 6.38. The summed E-state index contributed by atoms with van der Waals surface area (Å²) in [6.07, 6.45) is 10.2. The highest BCUT2D eigenvalue weighted by Gasteiger charge is 2.33. The van der Waals surface area contributed by atoms with E-state index >= 15 is 0 Å². The molecule has 2 aliphatic rings. The van der Waals surface area contributed by atoms with Crippen LogP contribution in [0.2, 0.25) is 0 Å². The Morgan fingerprint density at radius 2 is 1.91 bits per heavy atom. The van der Waals surface area contributed by atoms with Gasteiger partial charge in [-0.3, -0.25) is 9.69 Å². The first-order valence-electron chi connectivity index (χ1n) is 16.0. The lowest BCUT2D eigenvalue weighted by Crippen LogP contribution is -2.50. The zero-order valence-electron chi connectivity index (χ0n) is 27.9. The van der Waals surface area contributed by atoms with Crippen molar-refractivity contribution in [1.82, 2.24) is 24.7 Å². The van der Waals surface area contributed by atoms with Gasteiger partial charge in [-0.1, -0.05) is 48.4 Å². The van der Waals surface area contributed by atoms with Gasteiger partial charge in [0.1, 0.15) is 6.61 Å². The Bertz CT molecular complexity index is 1370. The summed E-state index contributed by atoms with van der Waals surface area (Å²) in [6.45, 7) is 16.8. The second-order valence-electron chi connectivity index (χ2n) is 12.9. The van der Waals surface area contributed by atoms with Gasteiger partial charge in [0.15, 0.2) is 0 Å². The predicted octanol–water partition coefficient (Wildman–Crippen LogP) is 6.12. The molecule has 2 heterocycles. The Morgan fingerprint density at radius 1 is 1.18 bits per heavy atom. The molecule has 1 aromatic carbocycles. The van der Waals surface area contributed by atoms with Gasteiger partial charge in [-0.05, 0) is 77.5 Å². The van der Waals surface area contributed by atoms with Crippen molar-refractivity contribution >= 4 is 17.6 Å². The van der Waals surface area contributed by atoms with Crippen LogP contribution in [0.4, 0.5) is 4.79 Å². The largest absolute Gasteiger partial charge is 0.447 e. The lowest BCUT2D eigenvalue weighted by molar-refractivity contribution is -0.132. The molecule has 0 bridgehead atoms. The van der Waals surface area contributed by atoms with Gasteiger partial charge in [0.2, 0.25) is 5.91 Å². The highest BCUT2D eigenvalue weighted by molar-refractivity contribution is 5.83. The van der Waals surface area contributed by atoms with Crippen LogP contribution in [-0.2, 0) is 21.3 Å². The van der Waals surface area contributed by atoms with Crippen molar-refractivity contribution in [2.75, 3.05) is 32.8 Å². The Hall–Kier alpha value is -3.43. The van der Waals surface area contributed by atoms with E-state index in [4.69, 9.17) is 9.47 Å². The number of nitrogens with one attached hydrogen (secondary N) is 1. The van der Waals surface area contributed by atoms with Gasteiger partial charge in [0.25, 0.3) is 0 Å². The number of nitrogens with zero attached hydrogens (tertiary/aromatic N) is 4. The molecule has 1 saturated heterocycles. The Morgan fingerprint density at radius 3 is 2.52 bits per heavy atom. The molecule has 2 atom stereocenters. The van der Waals surface area contributed by atoms with Crippen molar-refractivity contribution in [3.05, 3.63) is 70.8 Å². The topological polar surface area (TPSA) is 88.9 Å². The molecule has 0 saturated carbocycles. The first-order chi connectivity index (χ1) is 20.9. The third-order valence-electron chi connectivity index (χ3n) is 8.89. The molecule has 0 unspecified atom stereocenters. The number of amides is 2. The number of ether oxygens (including phenoxy) is 2. The van der Waals surface area contributed by atoms with Crippen molar-refractivity contribution in [2.45, 2.75) is 91.5 Å². The number of piperazine rings is 1. The number of hydrogen-bond acceptors (Lipinski definition) is 6. The van der Waals surface area contributed by atoms with Crippen molar-refractivity contribution in [1.29, 1.82) is 0 Å². The minimum absolute atomic E-state index is 0.0184. The third kappa shape index (κ3) is 8.18. The number of aryl methyl sites for hydroxylation is 2. The number of fused-ring (bicyclic) bond motifs is 1.